The Morgan fingerprint density at radius 3 is 2.65 bits per heavy atom. The molecule has 0 bridgehead atoms. The molecule has 11 nitrogen and oxygen atoms in total. The summed E-state index contributed by atoms with van der Waals surface area (Å²) in [5, 5.41) is 6.78. The van der Waals surface area contributed by atoms with Crippen molar-refractivity contribution in [3.8, 4) is 16.9 Å². The highest BCUT2D eigenvalue weighted by molar-refractivity contribution is 7.89. The fourth-order valence-corrected chi connectivity index (χ4v) is 5.16. The number of methoxy groups -OCH3 is 1. The SMILES string of the molecule is COc1cc(-c2cccc(S(=O)(=O)N(C)C)c2)ccc1Nc1nc(NC2CCOCC2)c2[nH]c[nH+]c2n1. The maximum Gasteiger partial charge on any atom is 0.307 e. The number of rotatable bonds is 8. The second-order valence-corrected chi connectivity index (χ2v) is 11.1. The number of anilines is 3. The Morgan fingerprint density at radius 1 is 1.11 bits per heavy atom. The van der Waals surface area contributed by atoms with E-state index in [4.69, 9.17) is 14.5 Å². The average Bonchev–Trinajstić information content (AvgIpc) is 3.38. The smallest absolute Gasteiger partial charge is 0.307 e. The molecular formula is C25H30N7O4S+. The third-order valence-corrected chi connectivity index (χ3v) is 8.10. The molecule has 1 aliphatic heterocycles. The number of aromatic nitrogens is 4. The molecule has 2 aromatic carbocycles. The van der Waals surface area contributed by atoms with Gasteiger partial charge in [-0.25, -0.2) is 17.7 Å². The predicted octanol–water partition coefficient (Wildman–Crippen LogP) is 3.03. The molecule has 1 fully saturated rings. The van der Waals surface area contributed by atoms with Crippen molar-refractivity contribution in [2.24, 2.45) is 0 Å². The molecule has 0 saturated carbocycles. The van der Waals surface area contributed by atoms with Crippen molar-refractivity contribution in [1.82, 2.24) is 19.3 Å². The molecule has 0 unspecified atom stereocenters. The molecular weight excluding hydrogens is 494 g/mol. The Hall–Kier alpha value is -3.74. The fraction of sp³-hybridized carbons (Fsp3) is 0.320. The Balaban J connectivity index is 1.44. The van der Waals surface area contributed by atoms with Crippen LogP contribution in [0.2, 0.25) is 0 Å². The Kier molecular flexibility index (Phi) is 6.96. The van der Waals surface area contributed by atoms with Crippen LogP contribution in [0.3, 0.4) is 0 Å². The lowest BCUT2D eigenvalue weighted by molar-refractivity contribution is -0.347. The second-order valence-electron chi connectivity index (χ2n) is 8.94. The quantitative estimate of drug-likeness (QED) is 0.320. The van der Waals surface area contributed by atoms with Gasteiger partial charge in [-0.05, 0) is 48.2 Å². The lowest BCUT2D eigenvalue weighted by atomic mass is 10.0. The van der Waals surface area contributed by atoms with Gasteiger partial charge in [-0.3, -0.25) is 4.98 Å². The van der Waals surface area contributed by atoms with Gasteiger partial charge in [0.1, 0.15) is 5.75 Å². The molecule has 0 atom stereocenters. The van der Waals surface area contributed by atoms with Gasteiger partial charge in [0.2, 0.25) is 15.5 Å². The molecule has 0 amide bonds. The summed E-state index contributed by atoms with van der Waals surface area (Å²) in [6.45, 7) is 1.45. The van der Waals surface area contributed by atoms with E-state index in [1.165, 1.54) is 18.4 Å². The number of fused-ring (bicyclic) bond motifs is 1. The molecule has 1 aliphatic rings. The Bertz CT molecular complexity index is 1510. The van der Waals surface area contributed by atoms with Crippen LogP contribution in [0.25, 0.3) is 22.3 Å². The topological polar surface area (TPSA) is 136 Å². The van der Waals surface area contributed by atoms with Crippen LogP contribution in [0.1, 0.15) is 12.8 Å². The molecule has 3 heterocycles. The lowest BCUT2D eigenvalue weighted by Gasteiger charge is -2.23. The van der Waals surface area contributed by atoms with Crippen molar-refractivity contribution >= 4 is 38.6 Å². The van der Waals surface area contributed by atoms with Crippen LogP contribution in [0.4, 0.5) is 17.5 Å². The summed E-state index contributed by atoms with van der Waals surface area (Å²) in [6.07, 6.45) is 3.54. The summed E-state index contributed by atoms with van der Waals surface area (Å²) in [7, 11) is 1.07. The van der Waals surface area contributed by atoms with Gasteiger partial charge in [-0.1, -0.05) is 23.2 Å². The average molecular weight is 525 g/mol. The fourth-order valence-electron chi connectivity index (χ4n) is 4.22. The zero-order chi connectivity index (χ0) is 26.0. The molecule has 0 spiro atoms. The van der Waals surface area contributed by atoms with Crippen LogP contribution >= 0.6 is 0 Å². The molecule has 0 radical (unpaired) electrons. The summed E-state index contributed by atoms with van der Waals surface area (Å²) in [6, 6.07) is 12.7. The Morgan fingerprint density at radius 2 is 1.89 bits per heavy atom. The number of hydrogen-bond acceptors (Lipinski definition) is 8. The zero-order valence-electron chi connectivity index (χ0n) is 20.9. The number of sulfonamides is 1. The number of imidazole rings is 1. The van der Waals surface area contributed by atoms with E-state index in [0.29, 0.717) is 28.9 Å². The van der Waals surface area contributed by atoms with Gasteiger partial charge in [-0.2, -0.15) is 4.98 Å². The first-order valence-electron chi connectivity index (χ1n) is 11.9. The molecule has 2 aromatic heterocycles. The largest absolute Gasteiger partial charge is 0.495 e. The standard InChI is InChI=1S/C25H29N7O4S/c1-32(2)37(33,34)19-6-4-5-16(13-19)17-7-8-20(21(14-17)35-3)29-25-30-23-22(26-15-27-23)24(31-25)28-18-9-11-36-12-10-18/h4-8,13-15,18H,9-12H2,1-3H3,(H3,26,27,28,29,30,31)/p+1. The van der Waals surface area contributed by atoms with E-state index in [9.17, 15) is 8.42 Å². The molecule has 12 heteroatoms. The van der Waals surface area contributed by atoms with Gasteiger partial charge < -0.3 is 20.1 Å². The summed E-state index contributed by atoms with van der Waals surface area (Å²) in [5.74, 6) is 1.68. The third kappa shape index (κ3) is 5.22. The Labute approximate surface area is 215 Å². The van der Waals surface area contributed by atoms with E-state index in [0.717, 1.165) is 42.7 Å². The number of nitrogens with zero attached hydrogens (tertiary/aromatic N) is 3. The van der Waals surface area contributed by atoms with Crippen molar-refractivity contribution in [3.05, 3.63) is 48.8 Å². The van der Waals surface area contributed by atoms with Gasteiger partial charge in [0, 0.05) is 33.4 Å². The molecule has 194 valence electrons. The number of aromatic amines is 2. The van der Waals surface area contributed by atoms with Crippen LogP contribution in [0, 0.1) is 0 Å². The predicted molar refractivity (Wildman–Crippen MR) is 140 cm³/mol. The molecule has 37 heavy (non-hydrogen) atoms. The van der Waals surface area contributed by atoms with Crippen molar-refractivity contribution < 1.29 is 22.9 Å². The number of benzene rings is 2. The lowest BCUT2D eigenvalue weighted by Crippen LogP contribution is -2.28. The maximum atomic E-state index is 12.6. The zero-order valence-corrected chi connectivity index (χ0v) is 21.7. The van der Waals surface area contributed by atoms with Gasteiger partial charge in [0.05, 0.1) is 17.7 Å². The van der Waals surface area contributed by atoms with E-state index >= 15 is 0 Å². The highest BCUT2D eigenvalue weighted by atomic mass is 32.2. The van der Waals surface area contributed by atoms with E-state index in [-0.39, 0.29) is 10.9 Å². The van der Waals surface area contributed by atoms with Crippen LogP contribution < -0.4 is 20.4 Å². The minimum atomic E-state index is -3.55. The highest BCUT2D eigenvalue weighted by Crippen LogP contribution is 2.33. The van der Waals surface area contributed by atoms with Gasteiger partial charge in [0.15, 0.2) is 12.1 Å². The van der Waals surface area contributed by atoms with Gasteiger partial charge in [0.25, 0.3) is 0 Å². The first kappa shape index (κ1) is 24.9. The normalized spacial score (nSPS) is 14.7. The van der Waals surface area contributed by atoms with Gasteiger partial charge >= 0.3 is 11.6 Å². The molecule has 4 N–H and O–H groups in total. The first-order chi connectivity index (χ1) is 17.8. The van der Waals surface area contributed by atoms with Crippen molar-refractivity contribution in [3.63, 3.8) is 0 Å². The number of H-pyrrole nitrogens is 2. The summed E-state index contributed by atoms with van der Waals surface area (Å²) < 4.78 is 37.5. The van der Waals surface area contributed by atoms with Crippen LogP contribution in [-0.2, 0) is 14.8 Å². The third-order valence-electron chi connectivity index (χ3n) is 6.29. The summed E-state index contributed by atoms with van der Waals surface area (Å²) in [4.78, 5) is 15.8. The molecule has 5 rings (SSSR count). The van der Waals surface area contributed by atoms with Crippen molar-refractivity contribution in [1.29, 1.82) is 0 Å². The molecule has 4 aromatic rings. The minimum Gasteiger partial charge on any atom is -0.495 e. The van der Waals surface area contributed by atoms with E-state index in [2.05, 4.69) is 25.6 Å². The maximum absolute atomic E-state index is 12.6. The highest BCUT2D eigenvalue weighted by Gasteiger charge is 2.22. The molecule has 1 saturated heterocycles. The number of nitrogens with one attached hydrogen (secondary N) is 4. The summed E-state index contributed by atoms with van der Waals surface area (Å²) >= 11 is 0. The van der Waals surface area contributed by atoms with Crippen molar-refractivity contribution in [2.45, 2.75) is 23.8 Å². The number of hydrogen-bond donors (Lipinski definition) is 3. The minimum absolute atomic E-state index is 0.227. The van der Waals surface area contributed by atoms with Crippen molar-refractivity contribution in [2.75, 3.05) is 45.1 Å². The van der Waals surface area contributed by atoms with E-state index in [1.807, 2.05) is 24.3 Å². The van der Waals surface area contributed by atoms with Crippen LogP contribution in [-0.4, -0.2) is 68.1 Å². The van der Waals surface area contributed by atoms with E-state index < -0.39 is 10.0 Å². The second kappa shape index (κ2) is 10.3. The first-order valence-corrected chi connectivity index (χ1v) is 13.4. The summed E-state index contributed by atoms with van der Waals surface area (Å²) in [5.41, 5.74) is 3.72. The molecule has 0 aliphatic carbocycles. The van der Waals surface area contributed by atoms with E-state index in [1.54, 1.807) is 31.6 Å². The number of ether oxygens (including phenoxy) is 2. The van der Waals surface area contributed by atoms with Crippen LogP contribution in [0.15, 0.2) is 53.7 Å². The van der Waals surface area contributed by atoms with Gasteiger partial charge in [-0.15, -0.1) is 0 Å². The van der Waals surface area contributed by atoms with Crippen LogP contribution in [0.5, 0.6) is 5.75 Å². The monoisotopic (exact) mass is 524 g/mol.